The van der Waals surface area contributed by atoms with Gasteiger partial charge in [-0.1, -0.05) is 41.5 Å². The average molecular weight is 495 g/mol. The fraction of sp³-hybridized carbons (Fsp3) is 0.783. The van der Waals surface area contributed by atoms with Crippen LogP contribution in [0.1, 0.15) is 59.8 Å². The first-order valence-electron chi connectivity index (χ1n) is 11.6. The highest BCUT2D eigenvalue weighted by Gasteiger charge is 2.46. The highest BCUT2D eigenvalue weighted by molar-refractivity contribution is 6.74. The predicted molar refractivity (Wildman–Crippen MR) is 136 cm³/mol. The number of aromatic nitrogens is 2. The van der Waals surface area contributed by atoms with Gasteiger partial charge in [0.2, 0.25) is 0 Å². The molecule has 1 fully saturated rings. The van der Waals surface area contributed by atoms with Crippen molar-refractivity contribution in [3.63, 3.8) is 0 Å². The number of rotatable bonds is 7. The molecule has 0 amide bonds. The minimum absolute atomic E-state index is 0.0372. The molecule has 186 valence electrons. The van der Waals surface area contributed by atoms with Gasteiger partial charge in [0.05, 0.1) is 25.2 Å². The lowest BCUT2D eigenvalue weighted by molar-refractivity contribution is -0.0412. The molecule has 0 radical (unpaired) electrons. The molecule has 0 bridgehead atoms. The molecule has 1 saturated heterocycles. The topological polar surface area (TPSA) is 112 Å². The third-order valence-corrected chi connectivity index (χ3v) is 16.5. The highest BCUT2D eigenvalue weighted by Crippen LogP contribution is 2.42. The van der Waals surface area contributed by atoms with Gasteiger partial charge < -0.3 is 19.3 Å². The molecule has 8 nitrogen and oxygen atoms in total. The molecule has 0 unspecified atom stereocenters. The number of nitrogens with two attached hydrogens (primary N) is 1. The summed E-state index contributed by atoms with van der Waals surface area (Å²) in [5.74, 6) is 0.0858. The number of nitriles is 1. The van der Waals surface area contributed by atoms with Crippen molar-refractivity contribution in [2.24, 2.45) is 0 Å². The van der Waals surface area contributed by atoms with E-state index in [-0.39, 0.29) is 34.5 Å². The standard InChI is InChI=1S/C23H42N4O4Si2/c1-22(2,3)32(7,8)29-15-18-17(31-33(9,10)23(4,5)6)13-19(30-18)27-14-16(11-12-24)20(25)26-21(27)28/h14,17-19H,11,13,15H2,1-10H3,(H2,25,26,28)/t17-,18+,19+/m0/s1. The molecular weight excluding hydrogens is 452 g/mol. The minimum atomic E-state index is -2.09. The van der Waals surface area contributed by atoms with Crippen molar-refractivity contribution in [3.8, 4) is 6.07 Å². The summed E-state index contributed by atoms with van der Waals surface area (Å²) in [5, 5.41) is 9.20. The number of hydrogen-bond donors (Lipinski definition) is 1. The SMILES string of the molecule is CC(C)(C)[Si](C)(C)OC[C@H]1O[C@@H](n2cc(CC#N)c(N)nc2=O)C[C@@H]1O[Si](C)(C)C(C)(C)C. The summed E-state index contributed by atoms with van der Waals surface area (Å²) in [6, 6.07) is 2.07. The van der Waals surface area contributed by atoms with Crippen molar-refractivity contribution < 1.29 is 13.6 Å². The van der Waals surface area contributed by atoms with E-state index in [1.54, 1.807) is 6.20 Å². The van der Waals surface area contributed by atoms with Crippen LogP contribution in [0.4, 0.5) is 5.82 Å². The van der Waals surface area contributed by atoms with Gasteiger partial charge >= 0.3 is 5.69 Å². The van der Waals surface area contributed by atoms with E-state index >= 15 is 0 Å². The molecule has 10 heteroatoms. The molecule has 1 aromatic rings. The number of nitrogen functional groups attached to an aromatic ring is 1. The van der Waals surface area contributed by atoms with Crippen LogP contribution in [0.5, 0.6) is 0 Å². The summed E-state index contributed by atoms with van der Waals surface area (Å²) >= 11 is 0. The van der Waals surface area contributed by atoms with Crippen molar-refractivity contribution >= 4 is 22.5 Å². The van der Waals surface area contributed by atoms with E-state index in [1.807, 2.05) is 0 Å². The van der Waals surface area contributed by atoms with Crippen LogP contribution in [0.3, 0.4) is 0 Å². The van der Waals surface area contributed by atoms with Crippen molar-refractivity contribution in [3.05, 3.63) is 22.2 Å². The van der Waals surface area contributed by atoms with Crippen LogP contribution in [0, 0.1) is 11.3 Å². The molecule has 2 N–H and O–H groups in total. The Bertz CT molecular complexity index is 942. The van der Waals surface area contributed by atoms with Gasteiger partial charge in [-0.25, -0.2) is 4.79 Å². The second-order valence-electron chi connectivity index (χ2n) is 12.0. The van der Waals surface area contributed by atoms with Gasteiger partial charge in [0.15, 0.2) is 16.6 Å². The molecule has 0 spiro atoms. The van der Waals surface area contributed by atoms with Gasteiger partial charge in [0.1, 0.15) is 18.1 Å². The first kappa shape index (κ1) is 27.7. The first-order valence-corrected chi connectivity index (χ1v) is 17.4. The third-order valence-electron chi connectivity index (χ3n) is 7.49. The van der Waals surface area contributed by atoms with E-state index < -0.39 is 28.6 Å². The fourth-order valence-electron chi connectivity index (χ4n) is 3.16. The zero-order chi connectivity index (χ0) is 25.4. The summed E-state index contributed by atoms with van der Waals surface area (Å²) in [7, 11) is -4.08. The molecule has 1 aliphatic heterocycles. The van der Waals surface area contributed by atoms with Crippen LogP contribution in [-0.4, -0.2) is 45.0 Å². The number of nitrogens with zero attached hydrogens (tertiary/aromatic N) is 3. The van der Waals surface area contributed by atoms with E-state index in [0.717, 1.165) is 0 Å². The maximum atomic E-state index is 12.6. The van der Waals surface area contributed by atoms with Crippen LogP contribution in [0.2, 0.25) is 36.3 Å². The minimum Gasteiger partial charge on any atom is -0.414 e. The molecule has 0 aromatic carbocycles. The molecule has 33 heavy (non-hydrogen) atoms. The van der Waals surface area contributed by atoms with Crippen LogP contribution in [0.25, 0.3) is 0 Å². The van der Waals surface area contributed by atoms with Crippen LogP contribution >= 0.6 is 0 Å². The summed E-state index contributed by atoms with van der Waals surface area (Å²) in [5.41, 5.74) is 5.87. The van der Waals surface area contributed by atoms with E-state index in [0.29, 0.717) is 18.6 Å². The average Bonchev–Trinajstić information content (AvgIpc) is 3.02. The number of ether oxygens (including phenoxy) is 1. The summed E-state index contributed by atoms with van der Waals surface area (Å²) in [6.45, 7) is 22.5. The van der Waals surface area contributed by atoms with Crippen LogP contribution < -0.4 is 11.4 Å². The zero-order valence-corrected chi connectivity index (χ0v) is 24.0. The molecule has 0 aliphatic carbocycles. The van der Waals surface area contributed by atoms with Gasteiger partial charge in [0.25, 0.3) is 0 Å². The van der Waals surface area contributed by atoms with E-state index in [2.05, 4.69) is 78.8 Å². The summed E-state index contributed by atoms with van der Waals surface area (Å²) in [6.07, 6.45) is 1.12. The lowest BCUT2D eigenvalue weighted by Crippen LogP contribution is -2.48. The smallest absolute Gasteiger partial charge is 0.351 e. The van der Waals surface area contributed by atoms with Gasteiger partial charge in [-0.05, 0) is 36.3 Å². The predicted octanol–water partition coefficient (Wildman–Crippen LogP) is 4.59. The Balaban J connectivity index is 2.36. The lowest BCUT2D eigenvalue weighted by atomic mass is 10.2. The van der Waals surface area contributed by atoms with E-state index in [1.165, 1.54) is 4.57 Å². The molecule has 0 saturated carbocycles. The van der Waals surface area contributed by atoms with Crippen molar-refractivity contribution in [1.82, 2.24) is 9.55 Å². The van der Waals surface area contributed by atoms with Gasteiger partial charge in [-0.2, -0.15) is 10.2 Å². The maximum Gasteiger partial charge on any atom is 0.351 e. The monoisotopic (exact) mass is 494 g/mol. The van der Waals surface area contributed by atoms with Gasteiger partial charge in [-0.15, -0.1) is 0 Å². The van der Waals surface area contributed by atoms with Crippen molar-refractivity contribution in [1.29, 1.82) is 5.26 Å². The Morgan fingerprint density at radius 2 is 1.76 bits per heavy atom. The fourth-order valence-corrected chi connectivity index (χ4v) is 5.53. The van der Waals surface area contributed by atoms with Crippen LogP contribution in [-0.2, 0) is 20.0 Å². The van der Waals surface area contributed by atoms with Crippen LogP contribution in [0.15, 0.2) is 11.0 Å². The largest absolute Gasteiger partial charge is 0.414 e. The Hall–Kier alpha value is -1.52. The van der Waals surface area contributed by atoms with Crippen molar-refractivity contribution in [2.45, 2.75) is 109 Å². The lowest BCUT2D eigenvalue weighted by Gasteiger charge is -2.40. The normalized spacial score (nSPS) is 22.4. The Morgan fingerprint density at radius 3 is 2.27 bits per heavy atom. The summed E-state index contributed by atoms with van der Waals surface area (Å²) < 4.78 is 21.1. The molecular formula is C23H42N4O4Si2. The number of hydrogen-bond acceptors (Lipinski definition) is 7. The van der Waals surface area contributed by atoms with Gasteiger partial charge in [0, 0.05) is 18.2 Å². The Labute approximate surface area is 200 Å². The number of anilines is 1. The molecule has 2 heterocycles. The highest BCUT2D eigenvalue weighted by atomic mass is 28.4. The molecule has 1 aromatic heterocycles. The second kappa shape index (κ2) is 9.62. The molecule has 1 aliphatic rings. The first-order chi connectivity index (χ1) is 14.9. The van der Waals surface area contributed by atoms with Crippen molar-refractivity contribution in [2.75, 3.05) is 12.3 Å². The zero-order valence-electron chi connectivity index (χ0n) is 22.0. The van der Waals surface area contributed by atoms with E-state index in [9.17, 15) is 4.79 Å². The quantitative estimate of drug-likeness (QED) is 0.551. The molecule has 3 atom stereocenters. The third kappa shape index (κ3) is 6.33. The Morgan fingerprint density at radius 1 is 1.18 bits per heavy atom. The van der Waals surface area contributed by atoms with E-state index in [4.69, 9.17) is 24.6 Å². The second-order valence-corrected chi connectivity index (χ2v) is 21.6. The van der Waals surface area contributed by atoms with Gasteiger partial charge in [-0.3, -0.25) is 4.57 Å². The maximum absolute atomic E-state index is 12.6. The summed E-state index contributed by atoms with van der Waals surface area (Å²) in [4.78, 5) is 16.6. The molecule has 2 rings (SSSR count). The Kier molecular flexibility index (Phi) is 8.08.